The van der Waals surface area contributed by atoms with E-state index in [1.165, 1.54) is 4.90 Å². The molecule has 1 N–H and O–H groups in total. The summed E-state index contributed by atoms with van der Waals surface area (Å²) in [7, 11) is 3.46. The second-order valence-corrected chi connectivity index (χ2v) is 7.80. The van der Waals surface area contributed by atoms with Gasteiger partial charge >= 0.3 is 6.03 Å². The fourth-order valence-electron chi connectivity index (χ4n) is 3.40. The van der Waals surface area contributed by atoms with Crippen LogP contribution in [0.4, 0.5) is 4.79 Å². The number of rotatable bonds is 8. The van der Waals surface area contributed by atoms with Crippen molar-refractivity contribution >= 4 is 11.9 Å². The zero-order valence-corrected chi connectivity index (χ0v) is 17.0. The lowest BCUT2D eigenvalue weighted by molar-refractivity contribution is -0.130. The molecule has 0 bridgehead atoms. The van der Waals surface area contributed by atoms with Crippen LogP contribution in [-0.2, 0) is 16.1 Å². The standard InChI is InChI=1S/C21H33N3O3/c1-16(2)18-13-24(14-19(18)22-21(26)23(3)4)20(25)11-8-12-27-15-17-9-6-5-7-10-17/h5-7,9-10,16,18-19H,8,11-15H2,1-4H3,(H,22,26)/t18-,19+/m0/s1. The summed E-state index contributed by atoms with van der Waals surface area (Å²) in [6, 6.07) is 9.94. The molecule has 1 aliphatic heterocycles. The van der Waals surface area contributed by atoms with Crippen molar-refractivity contribution in [3.63, 3.8) is 0 Å². The summed E-state index contributed by atoms with van der Waals surface area (Å²) in [6.07, 6.45) is 1.19. The van der Waals surface area contributed by atoms with E-state index in [1.54, 1.807) is 14.1 Å². The second-order valence-electron chi connectivity index (χ2n) is 7.80. The van der Waals surface area contributed by atoms with Gasteiger partial charge in [0.15, 0.2) is 0 Å². The normalized spacial score (nSPS) is 19.4. The van der Waals surface area contributed by atoms with Crippen molar-refractivity contribution in [1.29, 1.82) is 0 Å². The Morgan fingerprint density at radius 1 is 1.22 bits per heavy atom. The van der Waals surface area contributed by atoms with Gasteiger partial charge in [0.1, 0.15) is 0 Å². The molecular weight excluding hydrogens is 342 g/mol. The number of hydrogen-bond acceptors (Lipinski definition) is 3. The van der Waals surface area contributed by atoms with Crippen LogP contribution in [0.15, 0.2) is 30.3 Å². The van der Waals surface area contributed by atoms with Gasteiger partial charge in [-0.2, -0.15) is 0 Å². The number of carbonyl (C=O) groups is 2. The zero-order valence-electron chi connectivity index (χ0n) is 17.0. The number of amides is 3. The first kappa shape index (κ1) is 21.2. The van der Waals surface area contributed by atoms with Crippen molar-refractivity contribution < 1.29 is 14.3 Å². The van der Waals surface area contributed by atoms with Crippen molar-refractivity contribution in [1.82, 2.24) is 15.1 Å². The number of urea groups is 1. The summed E-state index contributed by atoms with van der Waals surface area (Å²) in [5, 5.41) is 3.06. The lowest BCUT2D eigenvalue weighted by atomic mass is 9.91. The Morgan fingerprint density at radius 2 is 1.93 bits per heavy atom. The summed E-state index contributed by atoms with van der Waals surface area (Å²) in [6.45, 7) is 6.73. The minimum atomic E-state index is -0.103. The third kappa shape index (κ3) is 6.54. The molecule has 1 saturated heterocycles. The van der Waals surface area contributed by atoms with E-state index in [2.05, 4.69) is 19.2 Å². The molecule has 1 aromatic rings. The molecule has 0 radical (unpaired) electrons. The van der Waals surface area contributed by atoms with Gasteiger partial charge in [-0.25, -0.2) is 4.79 Å². The minimum Gasteiger partial charge on any atom is -0.377 e. The van der Waals surface area contributed by atoms with E-state index in [0.717, 1.165) is 5.56 Å². The molecule has 3 amide bonds. The predicted octanol–water partition coefficient (Wildman–Crippen LogP) is 2.74. The molecule has 1 heterocycles. The summed E-state index contributed by atoms with van der Waals surface area (Å²) < 4.78 is 5.66. The molecule has 0 aromatic heterocycles. The van der Waals surface area contributed by atoms with Gasteiger partial charge in [-0.05, 0) is 17.9 Å². The van der Waals surface area contributed by atoms with Gasteiger partial charge in [-0.1, -0.05) is 44.2 Å². The maximum Gasteiger partial charge on any atom is 0.317 e. The molecule has 0 saturated carbocycles. The van der Waals surface area contributed by atoms with E-state index in [1.807, 2.05) is 35.2 Å². The quantitative estimate of drug-likeness (QED) is 0.711. The highest BCUT2D eigenvalue weighted by Crippen LogP contribution is 2.25. The summed E-state index contributed by atoms with van der Waals surface area (Å²) >= 11 is 0. The molecule has 0 aliphatic carbocycles. The Hall–Kier alpha value is -2.08. The molecule has 2 rings (SSSR count). The van der Waals surface area contributed by atoms with Gasteiger partial charge in [0.2, 0.25) is 5.91 Å². The van der Waals surface area contributed by atoms with Gasteiger partial charge < -0.3 is 19.9 Å². The topological polar surface area (TPSA) is 61.9 Å². The lowest BCUT2D eigenvalue weighted by Crippen LogP contribution is -2.46. The molecular formula is C21H33N3O3. The molecule has 6 heteroatoms. The maximum atomic E-state index is 12.6. The summed E-state index contributed by atoms with van der Waals surface area (Å²) in [5.41, 5.74) is 1.14. The van der Waals surface area contributed by atoms with Crippen molar-refractivity contribution in [2.75, 3.05) is 33.8 Å². The van der Waals surface area contributed by atoms with E-state index in [4.69, 9.17) is 4.74 Å². The average molecular weight is 376 g/mol. The van der Waals surface area contributed by atoms with Crippen LogP contribution in [0.2, 0.25) is 0 Å². The first-order valence-electron chi connectivity index (χ1n) is 9.75. The van der Waals surface area contributed by atoms with Crippen molar-refractivity contribution in [2.45, 2.75) is 39.3 Å². The monoisotopic (exact) mass is 375 g/mol. The van der Waals surface area contributed by atoms with E-state index in [9.17, 15) is 9.59 Å². The van der Waals surface area contributed by atoms with E-state index < -0.39 is 0 Å². The zero-order chi connectivity index (χ0) is 19.8. The Morgan fingerprint density at radius 3 is 2.56 bits per heavy atom. The Kier molecular flexibility index (Phi) is 8.10. The van der Waals surface area contributed by atoms with Crippen molar-refractivity contribution in [2.24, 2.45) is 11.8 Å². The van der Waals surface area contributed by atoms with E-state index in [0.29, 0.717) is 45.1 Å². The number of carbonyl (C=O) groups excluding carboxylic acids is 2. The van der Waals surface area contributed by atoms with Gasteiger partial charge in [0.05, 0.1) is 12.6 Å². The van der Waals surface area contributed by atoms with Gasteiger partial charge in [-0.3, -0.25) is 4.79 Å². The van der Waals surface area contributed by atoms with E-state index in [-0.39, 0.29) is 23.9 Å². The Labute approximate surface area is 162 Å². The van der Waals surface area contributed by atoms with Crippen LogP contribution >= 0.6 is 0 Å². The Bertz CT molecular complexity index is 604. The number of ether oxygens (including phenoxy) is 1. The first-order chi connectivity index (χ1) is 12.9. The first-order valence-corrected chi connectivity index (χ1v) is 9.75. The lowest BCUT2D eigenvalue weighted by Gasteiger charge is -2.24. The number of likely N-dealkylation sites (tertiary alicyclic amines) is 1. The number of nitrogens with zero attached hydrogens (tertiary/aromatic N) is 2. The number of hydrogen-bond donors (Lipinski definition) is 1. The van der Waals surface area contributed by atoms with Crippen molar-refractivity contribution in [3.8, 4) is 0 Å². The number of nitrogens with one attached hydrogen (secondary N) is 1. The van der Waals surface area contributed by atoms with Crippen LogP contribution in [-0.4, -0.2) is 61.6 Å². The number of benzene rings is 1. The molecule has 150 valence electrons. The molecule has 1 aliphatic rings. The molecule has 1 fully saturated rings. The molecule has 27 heavy (non-hydrogen) atoms. The van der Waals surface area contributed by atoms with E-state index >= 15 is 0 Å². The molecule has 1 aromatic carbocycles. The smallest absolute Gasteiger partial charge is 0.317 e. The van der Waals surface area contributed by atoms with Crippen molar-refractivity contribution in [3.05, 3.63) is 35.9 Å². The SMILES string of the molecule is CC(C)[C@@H]1CN(C(=O)CCCOCc2ccccc2)C[C@H]1NC(=O)N(C)C. The van der Waals surface area contributed by atoms with Crippen LogP contribution < -0.4 is 5.32 Å². The Balaban J connectivity index is 1.74. The van der Waals surface area contributed by atoms with Gasteiger partial charge in [0, 0.05) is 46.1 Å². The molecule has 6 nitrogen and oxygen atoms in total. The van der Waals surface area contributed by atoms with Gasteiger partial charge in [0.25, 0.3) is 0 Å². The predicted molar refractivity (Wildman–Crippen MR) is 106 cm³/mol. The molecule has 0 spiro atoms. The van der Waals surface area contributed by atoms with Gasteiger partial charge in [-0.15, -0.1) is 0 Å². The van der Waals surface area contributed by atoms with Crippen LogP contribution in [0, 0.1) is 11.8 Å². The highest BCUT2D eigenvalue weighted by molar-refractivity contribution is 5.77. The minimum absolute atomic E-state index is 0.0122. The summed E-state index contributed by atoms with van der Waals surface area (Å²) in [5.74, 6) is 0.835. The van der Waals surface area contributed by atoms with Crippen LogP contribution in [0.1, 0.15) is 32.3 Å². The summed E-state index contributed by atoms with van der Waals surface area (Å²) in [4.78, 5) is 28.0. The fourth-order valence-corrected chi connectivity index (χ4v) is 3.40. The molecule has 0 unspecified atom stereocenters. The van der Waals surface area contributed by atoms with Crippen LogP contribution in [0.5, 0.6) is 0 Å². The fraction of sp³-hybridized carbons (Fsp3) is 0.619. The van der Waals surface area contributed by atoms with Crippen LogP contribution in [0.3, 0.4) is 0 Å². The molecule has 2 atom stereocenters. The highest BCUT2D eigenvalue weighted by Gasteiger charge is 2.37. The third-order valence-electron chi connectivity index (χ3n) is 5.08. The largest absolute Gasteiger partial charge is 0.377 e. The second kappa shape index (κ2) is 10.3. The third-order valence-corrected chi connectivity index (χ3v) is 5.08. The van der Waals surface area contributed by atoms with Crippen LogP contribution in [0.25, 0.3) is 0 Å². The average Bonchev–Trinajstić information content (AvgIpc) is 3.06. The highest BCUT2D eigenvalue weighted by atomic mass is 16.5. The maximum absolute atomic E-state index is 12.6.